The Balaban J connectivity index is 2.00. The van der Waals surface area contributed by atoms with Crippen molar-refractivity contribution < 1.29 is 9.53 Å². The number of carbonyl (C=O) groups excluding carboxylic acids is 1. The van der Waals surface area contributed by atoms with Crippen molar-refractivity contribution in [3.05, 3.63) is 34.3 Å². The van der Waals surface area contributed by atoms with E-state index in [-0.39, 0.29) is 5.91 Å². The molecular formula is C16H18BrN3O2S2. The van der Waals surface area contributed by atoms with E-state index in [1.807, 2.05) is 25.1 Å². The highest BCUT2D eigenvalue weighted by molar-refractivity contribution is 9.10. The van der Waals surface area contributed by atoms with Crippen molar-refractivity contribution in [3.63, 3.8) is 0 Å². The van der Waals surface area contributed by atoms with Gasteiger partial charge in [-0.25, -0.2) is 0 Å². The molecule has 0 fully saturated rings. The first-order valence-corrected chi connectivity index (χ1v) is 10.1. The Kier molecular flexibility index (Phi) is 7.74. The lowest BCUT2D eigenvalue weighted by atomic mass is 10.2. The number of nitrogens with zero attached hydrogens (tertiary/aromatic N) is 2. The molecule has 0 aliphatic rings. The number of hydrogen-bond acceptors (Lipinski definition) is 6. The lowest BCUT2D eigenvalue weighted by Crippen LogP contribution is -2.07. The fourth-order valence-corrected chi connectivity index (χ4v) is 3.82. The normalized spacial score (nSPS) is 11.0. The highest BCUT2D eigenvalue weighted by atomic mass is 79.9. The van der Waals surface area contributed by atoms with Gasteiger partial charge in [-0.05, 0) is 37.6 Å². The van der Waals surface area contributed by atoms with Crippen LogP contribution in [0.15, 0.2) is 33.1 Å². The van der Waals surface area contributed by atoms with Gasteiger partial charge in [-0.2, -0.15) is 0 Å². The fourth-order valence-electron chi connectivity index (χ4n) is 1.76. The number of halogens is 1. The number of carbonyl (C=O) groups is 1. The molecular weight excluding hydrogens is 410 g/mol. The number of hydrogen-bond donors (Lipinski definition) is 1. The Morgan fingerprint density at radius 2 is 2.25 bits per heavy atom. The van der Waals surface area contributed by atoms with Crippen molar-refractivity contribution >= 4 is 56.1 Å². The molecule has 0 bridgehead atoms. The van der Waals surface area contributed by atoms with Crippen LogP contribution in [-0.2, 0) is 4.79 Å². The molecule has 24 heavy (non-hydrogen) atoms. The molecule has 0 spiro atoms. The summed E-state index contributed by atoms with van der Waals surface area (Å²) in [6.45, 7) is 4.60. The smallest absolute Gasteiger partial charge is 0.250 e. The second-order valence-electron chi connectivity index (χ2n) is 4.66. The van der Waals surface area contributed by atoms with Crippen LogP contribution in [0, 0.1) is 0 Å². The van der Waals surface area contributed by atoms with Crippen LogP contribution in [0.5, 0.6) is 5.75 Å². The summed E-state index contributed by atoms with van der Waals surface area (Å²) in [6.07, 6.45) is 4.26. The van der Waals surface area contributed by atoms with Gasteiger partial charge >= 0.3 is 0 Å². The largest absolute Gasteiger partial charge is 0.493 e. The lowest BCUT2D eigenvalue weighted by Gasteiger charge is -2.07. The van der Waals surface area contributed by atoms with Crippen LogP contribution in [0.3, 0.4) is 0 Å². The van der Waals surface area contributed by atoms with E-state index in [2.05, 4.69) is 38.4 Å². The molecule has 2 rings (SSSR count). The van der Waals surface area contributed by atoms with E-state index in [4.69, 9.17) is 4.74 Å². The summed E-state index contributed by atoms with van der Waals surface area (Å²) in [5.74, 6) is 1.48. The Morgan fingerprint density at radius 1 is 1.42 bits per heavy atom. The molecule has 0 aliphatic heterocycles. The number of amides is 1. The summed E-state index contributed by atoms with van der Waals surface area (Å²) < 4.78 is 7.34. The van der Waals surface area contributed by atoms with E-state index >= 15 is 0 Å². The lowest BCUT2D eigenvalue weighted by molar-refractivity contribution is -0.111. The number of rotatable bonds is 8. The van der Waals surface area contributed by atoms with Gasteiger partial charge in [-0.3, -0.25) is 10.1 Å². The minimum atomic E-state index is -0.249. The average molecular weight is 428 g/mol. The van der Waals surface area contributed by atoms with E-state index in [1.54, 1.807) is 17.8 Å². The quantitative estimate of drug-likeness (QED) is 0.370. The van der Waals surface area contributed by atoms with Crippen molar-refractivity contribution in [2.75, 3.05) is 17.7 Å². The van der Waals surface area contributed by atoms with Crippen LogP contribution < -0.4 is 10.1 Å². The predicted molar refractivity (Wildman–Crippen MR) is 104 cm³/mol. The third-order valence-corrected chi connectivity index (χ3v) is 5.42. The molecule has 0 saturated heterocycles. The van der Waals surface area contributed by atoms with E-state index in [0.29, 0.717) is 11.7 Å². The zero-order chi connectivity index (χ0) is 17.4. The van der Waals surface area contributed by atoms with E-state index in [1.165, 1.54) is 17.4 Å². The van der Waals surface area contributed by atoms with Gasteiger partial charge in [0.2, 0.25) is 11.0 Å². The molecule has 1 aromatic heterocycles. The summed E-state index contributed by atoms with van der Waals surface area (Å²) in [5, 5.41) is 11.2. The Labute approximate surface area is 158 Å². The average Bonchev–Trinajstić information content (AvgIpc) is 3.00. The molecule has 1 amide bonds. The summed E-state index contributed by atoms with van der Waals surface area (Å²) in [6, 6.07) is 5.67. The summed E-state index contributed by atoms with van der Waals surface area (Å²) in [4.78, 5) is 12.0. The monoisotopic (exact) mass is 427 g/mol. The number of aromatic nitrogens is 2. The van der Waals surface area contributed by atoms with Gasteiger partial charge in [0.1, 0.15) is 5.75 Å². The summed E-state index contributed by atoms with van der Waals surface area (Å²) in [7, 11) is 0. The summed E-state index contributed by atoms with van der Waals surface area (Å²) in [5.41, 5.74) is 0.831. The highest BCUT2D eigenvalue weighted by Crippen LogP contribution is 2.26. The maximum atomic E-state index is 12.0. The maximum Gasteiger partial charge on any atom is 0.250 e. The van der Waals surface area contributed by atoms with E-state index < -0.39 is 0 Å². The third-order valence-electron chi connectivity index (χ3n) is 2.75. The molecule has 5 nitrogen and oxygen atoms in total. The predicted octanol–water partition coefficient (Wildman–Crippen LogP) is 4.85. The van der Waals surface area contributed by atoms with Crippen LogP contribution in [-0.4, -0.2) is 28.5 Å². The minimum Gasteiger partial charge on any atom is -0.493 e. The number of anilines is 1. The SMILES string of the molecule is CCCSc1nnc(NC(=O)/C=C/c2cc(Br)ccc2OCC)s1. The Bertz CT molecular complexity index is 719. The van der Waals surface area contributed by atoms with Crippen LogP contribution in [0.4, 0.5) is 5.13 Å². The molecule has 8 heteroatoms. The first kappa shape index (κ1) is 19.0. The topological polar surface area (TPSA) is 64.1 Å². The van der Waals surface area contributed by atoms with Crippen molar-refractivity contribution in [2.24, 2.45) is 0 Å². The van der Waals surface area contributed by atoms with E-state index in [9.17, 15) is 4.79 Å². The molecule has 0 atom stereocenters. The number of thioether (sulfide) groups is 1. The summed E-state index contributed by atoms with van der Waals surface area (Å²) >= 11 is 6.44. The molecule has 0 saturated carbocycles. The zero-order valence-electron chi connectivity index (χ0n) is 13.4. The van der Waals surface area contributed by atoms with Crippen molar-refractivity contribution in [2.45, 2.75) is 24.6 Å². The molecule has 0 unspecified atom stereocenters. The molecule has 1 aromatic carbocycles. The minimum absolute atomic E-state index is 0.249. The first-order chi connectivity index (χ1) is 11.6. The molecule has 128 valence electrons. The van der Waals surface area contributed by atoms with Crippen LogP contribution in [0.2, 0.25) is 0 Å². The number of ether oxygens (including phenoxy) is 1. The van der Waals surface area contributed by atoms with E-state index in [0.717, 1.165) is 32.3 Å². The Morgan fingerprint density at radius 3 is 3.00 bits per heavy atom. The van der Waals surface area contributed by atoms with Gasteiger partial charge in [0.25, 0.3) is 0 Å². The third kappa shape index (κ3) is 5.92. The van der Waals surface area contributed by atoms with Crippen LogP contribution in [0.25, 0.3) is 6.08 Å². The maximum absolute atomic E-state index is 12.0. The van der Waals surface area contributed by atoms with Crippen molar-refractivity contribution in [1.82, 2.24) is 10.2 Å². The van der Waals surface area contributed by atoms with Gasteiger partial charge in [0, 0.05) is 21.9 Å². The van der Waals surface area contributed by atoms with Gasteiger partial charge in [-0.15, -0.1) is 10.2 Å². The van der Waals surface area contributed by atoms with Crippen LogP contribution in [0.1, 0.15) is 25.8 Å². The van der Waals surface area contributed by atoms with Gasteiger partial charge in [-0.1, -0.05) is 46.0 Å². The van der Waals surface area contributed by atoms with Crippen molar-refractivity contribution in [3.8, 4) is 5.75 Å². The molecule has 1 heterocycles. The zero-order valence-corrected chi connectivity index (χ0v) is 16.6. The molecule has 1 N–H and O–H groups in total. The second kappa shape index (κ2) is 9.80. The van der Waals surface area contributed by atoms with Crippen molar-refractivity contribution in [1.29, 1.82) is 0 Å². The van der Waals surface area contributed by atoms with Gasteiger partial charge in [0.05, 0.1) is 6.61 Å². The van der Waals surface area contributed by atoms with Crippen LogP contribution >= 0.6 is 39.0 Å². The number of benzene rings is 1. The second-order valence-corrected chi connectivity index (χ2v) is 7.89. The van der Waals surface area contributed by atoms with Gasteiger partial charge < -0.3 is 4.74 Å². The molecule has 0 radical (unpaired) electrons. The highest BCUT2D eigenvalue weighted by Gasteiger charge is 2.07. The first-order valence-electron chi connectivity index (χ1n) is 7.50. The van der Waals surface area contributed by atoms with Gasteiger partial charge in [0.15, 0.2) is 4.34 Å². The fraction of sp³-hybridized carbons (Fsp3) is 0.312. The number of nitrogens with one attached hydrogen (secondary N) is 1. The molecule has 0 aliphatic carbocycles. The molecule has 2 aromatic rings. The standard InChI is InChI=1S/C16H18BrN3O2S2/c1-3-9-23-16-20-19-15(24-16)18-14(21)8-5-11-10-12(17)6-7-13(11)22-4-2/h5-8,10H,3-4,9H2,1-2H3,(H,18,19,21)/b8-5+. The Hall–Kier alpha value is -1.38.